The Hall–Kier alpha value is -2.20. The van der Waals surface area contributed by atoms with Crippen molar-refractivity contribution in [1.82, 2.24) is 4.98 Å². The van der Waals surface area contributed by atoms with E-state index in [9.17, 15) is 0 Å². The van der Waals surface area contributed by atoms with E-state index < -0.39 is 0 Å². The van der Waals surface area contributed by atoms with Gasteiger partial charge in [-0.25, -0.2) is 0 Å². The van der Waals surface area contributed by atoms with Crippen LogP contribution >= 0.6 is 11.8 Å². The molecule has 0 saturated carbocycles. The van der Waals surface area contributed by atoms with Crippen molar-refractivity contribution in [2.75, 3.05) is 12.8 Å². The summed E-state index contributed by atoms with van der Waals surface area (Å²) in [4.78, 5) is 5.75. The highest BCUT2D eigenvalue weighted by Crippen LogP contribution is 2.33. The molecular formula is C17H16N2OS. The number of benzene rings is 2. The number of hydrogen-bond donors (Lipinski definition) is 1. The average Bonchev–Trinajstić information content (AvgIpc) is 2.53. The van der Waals surface area contributed by atoms with Crippen LogP contribution in [0.1, 0.15) is 5.69 Å². The SMILES string of the molecule is COc1cc(N)ccc1SCc1ccc2ccccc2n1. The Labute approximate surface area is 128 Å². The number of anilines is 1. The average molecular weight is 296 g/mol. The largest absolute Gasteiger partial charge is 0.496 e. The van der Waals surface area contributed by atoms with Crippen LogP contribution in [0.5, 0.6) is 5.75 Å². The lowest BCUT2D eigenvalue weighted by molar-refractivity contribution is 0.405. The van der Waals surface area contributed by atoms with Crippen molar-refractivity contribution in [2.45, 2.75) is 10.6 Å². The standard InChI is InChI=1S/C17H16N2OS/c1-20-16-10-13(18)7-9-17(16)21-11-14-8-6-12-4-2-3-5-15(12)19-14/h2-10H,11,18H2,1H3. The summed E-state index contributed by atoms with van der Waals surface area (Å²) in [6.45, 7) is 0. The zero-order valence-electron chi connectivity index (χ0n) is 11.7. The molecule has 3 nitrogen and oxygen atoms in total. The molecule has 0 unspecified atom stereocenters. The smallest absolute Gasteiger partial charge is 0.134 e. The van der Waals surface area contributed by atoms with Gasteiger partial charge in [0.1, 0.15) is 5.75 Å². The quantitative estimate of drug-likeness (QED) is 0.581. The second kappa shape index (κ2) is 6.06. The van der Waals surface area contributed by atoms with Gasteiger partial charge in [-0.1, -0.05) is 24.3 Å². The molecule has 0 aliphatic carbocycles. The number of nitrogens with two attached hydrogens (primary N) is 1. The van der Waals surface area contributed by atoms with Crippen molar-refractivity contribution in [3.63, 3.8) is 0 Å². The third-order valence-corrected chi connectivity index (χ3v) is 4.31. The predicted octanol–water partition coefficient (Wildman–Crippen LogP) is 4.12. The Bertz CT molecular complexity index is 774. The number of para-hydroxylation sites is 1. The molecular weight excluding hydrogens is 280 g/mol. The molecule has 0 aliphatic heterocycles. The molecule has 3 rings (SSSR count). The Morgan fingerprint density at radius 2 is 1.95 bits per heavy atom. The molecule has 4 heteroatoms. The lowest BCUT2D eigenvalue weighted by atomic mass is 10.2. The third-order valence-electron chi connectivity index (χ3n) is 3.22. The minimum Gasteiger partial charge on any atom is -0.496 e. The number of methoxy groups -OCH3 is 1. The molecule has 0 bridgehead atoms. The minimum atomic E-state index is 0.708. The molecule has 1 aromatic heterocycles. The first-order valence-corrected chi connectivity index (χ1v) is 7.66. The van der Waals surface area contributed by atoms with Crippen molar-refractivity contribution in [1.29, 1.82) is 0 Å². The summed E-state index contributed by atoms with van der Waals surface area (Å²) in [5.74, 6) is 1.60. The van der Waals surface area contributed by atoms with E-state index in [1.165, 1.54) is 0 Å². The number of thioether (sulfide) groups is 1. The van der Waals surface area contributed by atoms with Gasteiger partial charge in [0.15, 0.2) is 0 Å². The van der Waals surface area contributed by atoms with Gasteiger partial charge >= 0.3 is 0 Å². The summed E-state index contributed by atoms with van der Waals surface area (Å²) in [7, 11) is 1.66. The Morgan fingerprint density at radius 3 is 2.81 bits per heavy atom. The summed E-state index contributed by atoms with van der Waals surface area (Å²) in [5, 5.41) is 1.16. The summed E-state index contributed by atoms with van der Waals surface area (Å²) >= 11 is 1.70. The number of nitrogen functional groups attached to an aromatic ring is 1. The normalized spacial score (nSPS) is 10.7. The number of ether oxygens (including phenoxy) is 1. The van der Waals surface area contributed by atoms with E-state index in [0.29, 0.717) is 5.69 Å². The molecule has 0 radical (unpaired) electrons. The van der Waals surface area contributed by atoms with E-state index in [-0.39, 0.29) is 0 Å². The van der Waals surface area contributed by atoms with Crippen LogP contribution in [0, 0.1) is 0 Å². The number of fused-ring (bicyclic) bond motifs is 1. The first kappa shape index (κ1) is 13.8. The van der Waals surface area contributed by atoms with Crippen molar-refractivity contribution in [3.05, 3.63) is 60.3 Å². The van der Waals surface area contributed by atoms with Gasteiger partial charge in [-0.3, -0.25) is 4.98 Å². The van der Waals surface area contributed by atoms with Crippen LogP contribution in [0.15, 0.2) is 59.5 Å². The van der Waals surface area contributed by atoms with Gasteiger partial charge < -0.3 is 10.5 Å². The molecule has 2 aromatic carbocycles. The van der Waals surface area contributed by atoms with Crippen molar-refractivity contribution < 1.29 is 4.74 Å². The van der Waals surface area contributed by atoms with Crippen molar-refractivity contribution in [2.24, 2.45) is 0 Å². The first-order valence-electron chi connectivity index (χ1n) is 6.67. The minimum absolute atomic E-state index is 0.708. The van der Waals surface area contributed by atoms with E-state index in [0.717, 1.165) is 33.0 Å². The van der Waals surface area contributed by atoms with E-state index in [2.05, 4.69) is 23.2 Å². The summed E-state index contributed by atoms with van der Waals surface area (Å²) in [6, 6.07) is 18.0. The topological polar surface area (TPSA) is 48.1 Å². The van der Waals surface area contributed by atoms with Gasteiger partial charge in [0.2, 0.25) is 0 Å². The van der Waals surface area contributed by atoms with Crippen molar-refractivity contribution >= 4 is 28.4 Å². The van der Waals surface area contributed by atoms with Gasteiger partial charge in [0.25, 0.3) is 0 Å². The molecule has 1 heterocycles. The molecule has 0 atom stereocenters. The lowest BCUT2D eigenvalue weighted by Crippen LogP contribution is -1.92. The fourth-order valence-electron chi connectivity index (χ4n) is 2.14. The number of nitrogens with zero attached hydrogens (tertiary/aromatic N) is 1. The Morgan fingerprint density at radius 1 is 1.10 bits per heavy atom. The highest BCUT2D eigenvalue weighted by atomic mass is 32.2. The summed E-state index contributed by atoms with van der Waals surface area (Å²) < 4.78 is 5.36. The zero-order chi connectivity index (χ0) is 14.7. The molecule has 21 heavy (non-hydrogen) atoms. The number of rotatable bonds is 4. The number of hydrogen-bond acceptors (Lipinski definition) is 4. The maximum absolute atomic E-state index is 5.77. The van der Waals surface area contributed by atoms with Crippen LogP contribution < -0.4 is 10.5 Å². The van der Waals surface area contributed by atoms with Crippen LogP contribution in [0.4, 0.5) is 5.69 Å². The lowest BCUT2D eigenvalue weighted by Gasteiger charge is -2.09. The van der Waals surface area contributed by atoms with Crippen LogP contribution in [0.2, 0.25) is 0 Å². The Balaban J connectivity index is 1.80. The molecule has 0 saturated heterocycles. The van der Waals surface area contributed by atoms with Crippen LogP contribution in [-0.2, 0) is 5.75 Å². The fourth-order valence-corrected chi connectivity index (χ4v) is 3.06. The zero-order valence-corrected chi connectivity index (χ0v) is 12.6. The predicted molar refractivity (Wildman–Crippen MR) is 88.7 cm³/mol. The van der Waals surface area contributed by atoms with Gasteiger partial charge in [0, 0.05) is 27.8 Å². The summed E-state index contributed by atoms with van der Waals surface area (Å²) in [5.41, 5.74) is 8.56. The van der Waals surface area contributed by atoms with Crippen LogP contribution in [-0.4, -0.2) is 12.1 Å². The molecule has 0 aliphatic rings. The van der Waals surface area contributed by atoms with Crippen molar-refractivity contribution in [3.8, 4) is 5.75 Å². The number of pyridine rings is 1. The van der Waals surface area contributed by atoms with Gasteiger partial charge in [-0.05, 0) is 24.3 Å². The van der Waals surface area contributed by atoms with E-state index in [4.69, 9.17) is 10.5 Å². The third kappa shape index (κ3) is 3.11. The molecule has 3 aromatic rings. The van der Waals surface area contributed by atoms with Crippen LogP contribution in [0.3, 0.4) is 0 Å². The van der Waals surface area contributed by atoms with Gasteiger partial charge in [0.05, 0.1) is 18.3 Å². The maximum atomic E-state index is 5.77. The number of aromatic nitrogens is 1. The molecule has 0 amide bonds. The van der Waals surface area contributed by atoms with E-state index >= 15 is 0 Å². The molecule has 2 N–H and O–H groups in total. The monoisotopic (exact) mass is 296 g/mol. The Kier molecular flexibility index (Phi) is 3.97. The second-order valence-electron chi connectivity index (χ2n) is 4.69. The highest BCUT2D eigenvalue weighted by Gasteiger charge is 2.06. The van der Waals surface area contributed by atoms with E-state index in [1.807, 2.05) is 36.4 Å². The van der Waals surface area contributed by atoms with Gasteiger partial charge in [-0.2, -0.15) is 0 Å². The molecule has 106 valence electrons. The second-order valence-corrected chi connectivity index (χ2v) is 5.71. The first-order chi connectivity index (χ1) is 10.3. The fraction of sp³-hybridized carbons (Fsp3) is 0.118. The summed E-state index contributed by atoms with van der Waals surface area (Å²) in [6.07, 6.45) is 0. The molecule has 0 fully saturated rings. The van der Waals surface area contributed by atoms with E-state index in [1.54, 1.807) is 18.9 Å². The molecule has 0 spiro atoms. The highest BCUT2D eigenvalue weighted by molar-refractivity contribution is 7.98. The van der Waals surface area contributed by atoms with Crippen LogP contribution in [0.25, 0.3) is 10.9 Å². The maximum Gasteiger partial charge on any atom is 0.134 e. The van der Waals surface area contributed by atoms with Gasteiger partial charge in [-0.15, -0.1) is 11.8 Å².